The summed E-state index contributed by atoms with van der Waals surface area (Å²) in [6.45, 7) is 0. The second-order valence-corrected chi connectivity index (χ2v) is 5.56. The highest BCUT2D eigenvalue weighted by molar-refractivity contribution is 9.10. The molecule has 19 heavy (non-hydrogen) atoms. The molecule has 100 valence electrons. The van der Waals surface area contributed by atoms with Crippen LogP contribution in [-0.4, -0.2) is 0 Å². The molecule has 1 unspecified atom stereocenters. The fourth-order valence-corrected chi connectivity index (χ4v) is 2.33. The third-order valence-corrected chi connectivity index (χ3v) is 3.66. The van der Waals surface area contributed by atoms with Crippen LogP contribution in [0.1, 0.15) is 17.2 Å². The fraction of sp³-hybridized carbons (Fsp3) is 0.143. The molecule has 0 bridgehead atoms. The van der Waals surface area contributed by atoms with Crippen molar-refractivity contribution in [1.82, 2.24) is 5.43 Å². The molecule has 0 saturated carbocycles. The van der Waals surface area contributed by atoms with Gasteiger partial charge in [0, 0.05) is 9.50 Å². The van der Waals surface area contributed by atoms with Crippen molar-refractivity contribution in [2.75, 3.05) is 0 Å². The van der Waals surface area contributed by atoms with Gasteiger partial charge in [0.1, 0.15) is 5.82 Å². The number of rotatable bonds is 4. The number of nitrogens with one attached hydrogen (secondary N) is 1. The Labute approximate surface area is 124 Å². The van der Waals surface area contributed by atoms with Gasteiger partial charge in [-0.05, 0) is 41.8 Å². The smallest absolute Gasteiger partial charge is 0.127 e. The first-order valence-corrected chi connectivity index (χ1v) is 6.93. The van der Waals surface area contributed by atoms with Crippen molar-refractivity contribution in [3.05, 3.63) is 68.9 Å². The average Bonchev–Trinajstić information content (AvgIpc) is 2.39. The van der Waals surface area contributed by atoms with Gasteiger partial charge in [-0.25, -0.2) is 4.39 Å². The van der Waals surface area contributed by atoms with Gasteiger partial charge in [-0.3, -0.25) is 11.3 Å². The van der Waals surface area contributed by atoms with Crippen LogP contribution in [0, 0.1) is 5.82 Å². The predicted molar refractivity (Wildman–Crippen MR) is 79.3 cm³/mol. The summed E-state index contributed by atoms with van der Waals surface area (Å²) in [4.78, 5) is 0. The van der Waals surface area contributed by atoms with E-state index in [0.717, 1.165) is 10.0 Å². The normalized spacial score (nSPS) is 12.4. The molecule has 0 aliphatic carbocycles. The summed E-state index contributed by atoms with van der Waals surface area (Å²) in [6, 6.07) is 12.2. The summed E-state index contributed by atoms with van der Waals surface area (Å²) in [5.74, 6) is 5.31. The second-order valence-electron chi connectivity index (χ2n) is 4.21. The monoisotopic (exact) mass is 342 g/mol. The standard InChI is InChI=1S/C14H13BrClFN2/c15-11-4-1-10(13(17)8-11)7-14(19-18)9-2-5-12(16)6-3-9/h1-6,8,14,19H,7,18H2. The van der Waals surface area contributed by atoms with E-state index in [2.05, 4.69) is 21.4 Å². The molecule has 0 saturated heterocycles. The zero-order chi connectivity index (χ0) is 13.8. The van der Waals surface area contributed by atoms with Gasteiger partial charge in [-0.2, -0.15) is 0 Å². The van der Waals surface area contributed by atoms with Crippen LogP contribution in [-0.2, 0) is 6.42 Å². The van der Waals surface area contributed by atoms with Gasteiger partial charge in [-0.15, -0.1) is 0 Å². The minimum atomic E-state index is -0.247. The summed E-state index contributed by atoms with van der Waals surface area (Å²) in [6.07, 6.45) is 0.469. The summed E-state index contributed by atoms with van der Waals surface area (Å²) in [7, 11) is 0. The van der Waals surface area contributed by atoms with E-state index in [0.29, 0.717) is 17.0 Å². The Balaban J connectivity index is 2.21. The van der Waals surface area contributed by atoms with Gasteiger partial charge in [0.15, 0.2) is 0 Å². The fourth-order valence-electron chi connectivity index (χ4n) is 1.88. The highest BCUT2D eigenvalue weighted by atomic mass is 79.9. The quantitative estimate of drug-likeness (QED) is 0.651. The molecule has 0 spiro atoms. The number of hydrogen-bond acceptors (Lipinski definition) is 2. The van der Waals surface area contributed by atoms with Crippen molar-refractivity contribution < 1.29 is 4.39 Å². The summed E-state index contributed by atoms with van der Waals surface area (Å²) in [5.41, 5.74) is 4.29. The van der Waals surface area contributed by atoms with Crippen LogP contribution in [0.4, 0.5) is 4.39 Å². The molecule has 0 aliphatic heterocycles. The molecule has 2 aromatic carbocycles. The van der Waals surface area contributed by atoms with Crippen LogP contribution in [0.25, 0.3) is 0 Å². The molecule has 0 heterocycles. The lowest BCUT2D eigenvalue weighted by atomic mass is 9.99. The number of benzene rings is 2. The molecule has 2 aromatic rings. The Hall–Kier alpha value is -0.940. The molecule has 3 N–H and O–H groups in total. The third kappa shape index (κ3) is 3.76. The van der Waals surface area contributed by atoms with Crippen molar-refractivity contribution in [2.24, 2.45) is 5.84 Å². The van der Waals surface area contributed by atoms with Crippen molar-refractivity contribution in [3.8, 4) is 0 Å². The lowest BCUT2D eigenvalue weighted by Crippen LogP contribution is -2.29. The lowest BCUT2D eigenvalue weighted by Gasteiger charge is -2.17. The molecule has 2 rings (SSSR count). The highest BCUT2D eigenvalue weighted by Crippen LogP contribution is 2.23. The van der Waals surface area contributed by atoms with E-state index in [1.165, 1.54) is 6.07 Å². The van der Waals surface area contributed by atoms with Crippen LogP contribution in [0.5, 0.6) is 0 Å². The first kappa shape index (κ1) is 14.5. The first-order valence-electron chi connectivity index (χ1n) is 5.75. The molecule has 0 amide bonds. The molecule has 1 atom stereocenters. The highest BCUT2D eigenvalue weighted by Gasteiger charge is 2.13. The Morgan fingerprint density at radius 2 is 1.89 bits per heavy atom. The Morgan fingerprint density at radius 1 is 1.21 bits per heavy atom. The van der Waals surface area contributed by atoms with E-state index >= 15 is 0 Å². The van der Waals surface area contributed by atoms with Crippen molar-refractivity contribution in [1.29, 1.82) is 0 Å². The average molecular weight is 344 g/mol. The Kier molecular flexibility index (Phi) is 4.93. The molecule has 0 aromatic heterocycles. The maximum Gasteiger partial charge on any atom is 0.127 e. The third-order valence-electron chi connectivity index (χ3n) is 2.91. The van der Waals surface area contributed by atoms with Crippen molar-refractivity contribution in [3.63, 3.8) is 0 Å². The summed E-state index contributed by atoms with van der Waals surface area (Å²) in [5, 5.41) is 0.661. The molecular weight excluding hydrogens is 331 g/mol. The molecule has 2 nitrogen and oxygen atoms in total. The van der Waals surface area contributed by atoms with Crippen LogP contribution in [0.15, 0.2) is 46.9 Å². The largest absolute Gasteiger partial charge is 0.271 e. The molecular formula is C14H13BrClFN2. The topological polar surface area (TPSA) is 38.0 Å². The van der Waals surface area contributed by atoms with Crippen molar-refractivity contribution >= 4 is 27.5 Å². The minimum Gasteiger partial charge on any atom is -0.271 e. The molecule has 5 heteroatoms. The summed E-state index contributed by atoms with van der Waals surface area (Å²) < 4.78 is 14.5. The van der Waals surface area contributed by atoms with Crippen LogP contribution in [0.2, 0.25) is 5.02 Å². The number of halogens is 3. The van der Waals surface area contributed by atoms with Crippen LogP contribution < -0.4 is 11.3 Å². The van der Waals surface area contributed by atoms with E-state index < -0.39 is 0 Å². The zero-order valence-electron chi connectivity index (χ0n) is 10.0. The number of hydrogen-bond donors (Lipinski definition) is 2. The second kappa shape index (κ2) is 6.48. The molecule has 0 radical (unpaired) electrons. The van der Waals surface area contributed by atoms with E-state index in [-0.39, 0.29) is 11.9 Å². The van der Waals surface area contributed by atoms with Gasteiger partial charge < -0.3 is 0 Å². The maximum atomic E-state index is 13.8. The van der Waals surface area contributed by atoms with E-state index in [1.54, 1.807) is 18.2 Å². The van der Waals surface area contributed by atoms with Crippen LogP contribution >= 0.6 is 27.5 Å². The van der Waals surface area contributed by atoms with Crippen LogP contribution in [0.3, 0.4) is 0 Å². The van der Waals surface area contributed by atoms with E-state index in [9.17, 15) is 4.39 Å². The van der Waals surface area contributed by atoms with Gasteiger partial charge in [-0.1, -0.05) is 45.7 Å². The predicted octanol–water partition coefficient (Wildman–Crippen LogP) is 3.99. The van der Waals surface area contributed by atoms with Crippen molar-refractivity contribution in [2.45, 2.75) is 12.5 Å². The maximum absolute atomic E-state index is 13.8. The van der Waals surface area contributed by atoms with Gasteiger partial charge in [0.05, 0.1) is 6.04 Å². The minimum absolute atomic E-state index is 0.159. The van der Waals surface area contributed by atoms with Gasteiger partial charge >= 0.3 is 0 Å². The zero-order valence-corrected chi connectivity index (χ0v) is 12.4. The Bertz CT molecular complexity index is 560. The SMILES string of the molecule is NNC(Cc1ccc(Br)cc1F)c1ccc(Cl)cc1. The van der Waals surface area contributed by atoms with Gasteiger partial charge in [0.25, 0.3) is 0 Å². The molecule has 0 aliphatic rings. The van der Waals surface area contributed by atoms with E-state index in [1.807, 2.05) is 18.2 Å². The lowest BCUT2D eigenvalue weighted by molar-refractivity contribution is 0.529. The summed E-state index contributed by atoms with van der Waals surface area (Å²) >= 11 is 9.08. The Morgan fingerprint density at radius 3 is 2.47 bits per heavy atom. The number of nitrogens with two attached hydrogens (primary N) is 1. The van der Waals surface area contributed by atoms with E-state index in [4.69, 9.17) is 17.4 Å². The first-order chi connectivity index (χ1) is 9.10. The molecule has 0 fully saturated rings. The number of hydrazine groups is 1. The van der Waals surface area contributed by atoms with Gasteiger partial charge in [0.2, 0.25) is 0 Å².